The van der Waals surface area contributed by atoms with Gasteiger partial charge < -0.3 is 19.5 Å². The van der Waals surface area contributed by atoms with Crippen LogP contribution in [0.5, 0.6) is 11.5 Å². The molecule has 0 unspecified atom stereocenters. The van der Waals surface area contributed by atoms with Crippen molar-refractivity contribution in [1.29, 1.82) is 0 Å². The lowest BCUT2D eigenvalue weighted by atomic mass is 9.90. The second-order valence-electron chi connectivity index (χ2n) is 11.3. The number of carboxylic acids is 1. The van der Waals surface area contributed by atoms with Crippen molar-refractivity contribution in [1.82, 2.24) is 0 Å². The summed E-state index contributed by atoms with van der Waals surface area (Å²) >= 11 is 0. The van der Waals surface area contributed by atoms with Gasteiger partial charge in [-0.05, 0) is 103 Å². The van der Waals surface area contributed by atoms with Crippen LogP contribution in [-0.2, 0) is 16.5 Å². The predicted molar refractivity (Wildman–Crippen MR) is 178 cm³/mol. The predicted octanol–water partition coefficient (Wildman–Crippen LogP) is 7.11. The summed E-state index contributed by atoms with van der Waals surface area (Å²) in [7, 11) is -2.48. The molecule has 0 bridgehead atoms. The Hall–Kier alpha value is -4.93. The van der Waals surface area contributed by atoms with E-state index in [1.807, 2.05) is 66.7 Å². The quantitative estimate of drug-likeness (QED) is 0.0578. The summed E-state index contributed by atoms with van der Waals surface area (Å²) in [5.74, 6) is -0.931. The Kier molecular flexibility index (Phi) is 9.60. The van der Waals surface area contributed by atoms with Crippen LogP contribution >= 0.6 is 0 Å². The molecule has 0 aromatic heterocycles. The van der Waals surface area contributed by atoms with Gasteiger partial charge in [0.2, 0.25) is 0 Å². The van der Waals surface area contributed by atoms with Gasteiger partial charge in [0.05, 0.1) is 24.0 Å². The Morgan fingerprint density at radius 3 is 2.22 bits per heavy atom. The maximum atomic E-state index is 14.0. The van der Waals surface area contributed by atoms with Gasteiger partial charge >= 0.3 is 11.9 Å². The van der Waals surface area contributed by atoms with E-state index >= 15 is 0 Å². The molecule has 1 heterocycles. The van der Waals surface area contributed by atoms with Crippen LogP contribution in [0.1, 0.15) is 66.9 Å². The number of aryl methyl sites for hydroxylation is 2. The molecule has 238 valence electrons. The molecule has 0 amide bonds. The normalized spacial score (nSPS) is 12.5. The van der Waals surface area contributed by atoms with Crippen LogP contribution in [0.4, 0.5) is 11.4 Å². The summed E-state index contributed by atoms with van der Waals surface area (Å²) in [5.41, 5.74) is 6.72. The number of esters is 1. The molecular weight excluding hydrogens is 606 g/mol. The molecule has 9 nitrogen and oxygen atoms in total. The molecule has 10 heteroatoms. The van der Waals surface area contributed by atoms with Gasteiger partial charge in [0.25, 0.3) is 10.1 Å². The van der Waals surface area contributed by atoms with E-state index in [0.29, 0.717) is 41.8 Å². The van der Waals surface area contributed by atoms with Crippen molar-refractivity contribution in [3.05, 3.63) is 117 Å². The zero-order valence-electron chi connectivity index (χ0n) is 25.8. The van der Waals surface area contributed by atoms with Gasteiger partial charge in [-0.25, -0.2) is 9.59 Å². The van der Waals surface area contributed by atoms with Gasteiger partial charge in [-0.2, -0.15) is 8.42 Å². The second kappa shape index (κ2) is 13.6. The number of hydrogen-bond donors (Lipinski definition) is 2. The number of unbranched alkanes of at least 4 members (excludes halogenated alkanes) is 1. The number of aromatic carboxylic acids is 1. The van der Waals surface area contributed by atoms with E-state index in [2.05, 4.69) is 4.90 Å². The van der Waals surface area contributed by atoms with Gasteiger partial charge in [0.1, 0.15) is 11.5 Å². The first-order valence-electron chi connectivity index (χ1n) is 14.8. The molecule has 46 heavy (non-hydrogen) atoms. The minimum Gasteiger partial charge on any atom is -0.497 e. The highest BCUT2D eigenvalue weighted by Gasteiger charge is 2.28. The third kappa shape index (κ3) is 7.47. The van der Waals surface area contributed by atoms with Crippen LogP contribution in [0, 0.1) is 13.8 Å². The van der Waals surface area contributed by atoms with Crippen molar-refractivity contribution in [3.8, 4) is 11.5 Å². The molecule has 2 N–H and O–H groups in total. The number of ether oxygens (including phenoxy) is 2. The van der Waals surface area contributed by atoms with Crippen molar-refractivity contribution >= 4 is 45.6 Å². The number of carbonyl (C=O) groups is 2. The fourth-order valence-electron chi connectivity index (χ4n) is 5.71. The minimum absolute atomic E-state index is 0.110. The zero-order valence-corrected chi connectivity index (χ0v) is 26.6. The van der Waals surface area contributed by atoms with Crippen LogP contribution in [-0.4, -0.2) is 49.4 Å². The molecule has 0 saturated heterocycles. The van der Waals surface area contributed by atoms with Crippen LogP contribution in [0.15, 0.2) is 72.8 Å². The van der Waals surface area contributed by atoms with Crippen molar-refractivity contribution in [2.75, 3.05) is 24.3 Å². The Balaban J connectivity index is 1.58. The van der Waals surface area contributed by atoms with E-state index < -0.39 is 22.1 Å². The molecule has 5 rings (SSSR count). The summed E-state index contributed by atoms with van der Waals surface area (Å²) < 4.78 is 43.2. The maximum absolute atomic E-state index is 14.0. The SMILES string of the molecule is COc1ccc(C=Cc2cc(C(=O)Oc3c(C)cc(C(=O)O)cc3C)c3c(c2)N(CCCCS(=O)(=O)O)c2ccccc2C3)cc1. The molecule has 4 aromatic rings. The van der Waals surface area contributed by atoms with Gasteiger partial charge in [-0.3, -0.25) is 4.55 Å². The highest BCUT2D eigenvalue weighted by atomic mass is 32.2. The Bertz CT molecular complexity index is 1910. The van der Waals surface area contributed by atoms with E-state index in [9.17, 15) is 27.7 Å². The van der Waals surface area contributed by atoms with Crippen LogP contribution in [0.25, 0.3) is 12.2 Å². The average Bonchev–Trinajstić information content (AvgIpc) is 3.02. The van der Waals surface area contributed by atoms with Gasteiger partial charge in [-0.15, -0.1) is 0 Å². The van der Waals surface area contributed by atoms with E-state index in [4.69, 9.17) is 9.47 Å². The van der Waals surface area contributed by atoms with Gasteiger partial charge in [-0.1, -0.05) is 42.5 Å². The first kappa shape index (κ1) is 32.5. The number of benzene rings is 4. The van der Waals surface area contributed by atoms with Gasteiger partial charge in [0.15, 0.2) is 0 Å². The molecule has 0 spiro atoms. The van der Waals surface area contributed by atoms with E-state index in [-0.39, 0.29) is 17.7 Å². The molecule has 0 saturated carbocycles. The fraction of sp³-hybridized carbons (Fsp3) is 0.222. The number of carboxylic acid groups (broad SMARTS) is 1. The van der Waals surface area contributed by atoms with Crippen molar-refractivity contribution in [2.45, 2.75) is 33.1 Å². The monoisotopic (exact) mass is 641 g/mol. The molecule has 0 atom stereocenters. The number of carbonyl (C=O) groups excluding carboxylic acids is 1. The third-order valence-corrected chi connectivity index (χ3v) is 8.73. The number of fused-ring (bicyclic) bond motifs is 2. The fourth-order valence-corrected chi connectivity index (χ4v) is 6.28. The van der Waals surface area contributed by atoms with E-state index in [0.717, 1.165) is 39.4 Å². The van der Waals surface area contributed by atoms with Crippen LogP contribution < -0.4 is 14.4 Å². The second-order valence-corrected chi connectivity index (χ2v) is 12.8. The zero-order chi connectivity index (χ0) is 33.0. The van der Waals surface area contributed by atoms with Crippen molar-refractivity contribution in [2.24, 2.45) is 0 Å². The summed E-state index contributed by atoms with van der Waals surface area (Å²) in [4.78, 5) is 27.6. The standard InChI is InChI=1S/C36H35NO8S/c1-23-18-28(35(38)39)19-24(2)34(23)45-36(40)31-20-26(11-10-25-12-14-29(44-3)15-13-25)21-33-30(31)22-27-8-4-5-9-32(27)37(33)16-6-7-17-46(41,42)43/h4-5,8-15,18-21H,6-7,16-17,22H2,1-3H3,(H,38,39)(H,41,42,43). The highest BCUT2D eigenvalue weighted by Crippen LogP contribution is 2.42. The Labute approximate surface area is 268 Å². The molecule has 0 radical (unpaired) electrons. The lowest BCUT2D eigenvalue weighted by molar-refractivity contribution is 0.0696. The third-order valence-electron chi connectivity index (χ3n) is 7.93. The van der Waals surface area contributed by atoms with Crippen LogP contribution in [0.2, 0.25) is 0 Å². The molecule has 0 aliphatic carbocycles. The molecule has 4 aromatic carbocycles. The molecule has 1 aliphatic rings. The lowest BCUT2D eigenvalue weighted by Gasteiger charge is -2.34. The Morgan fingerprint density at radius 2 is 1.57 bits per heavy atom. The number of methoxy groups -OCH3 is 1. The van der Waals surface area contributed by atoms with Crippen molar-refractivity contribution in [3.63, 3.8) is 0 Å². The van der Waals surface area contributed by atoms with E-state index in [1.165, 1.54) is 12.1 Å². The number of nitrogens with zero attached hydrogens (tertiary/aromatic N) is 1. The smallest absolute Gasteiger partial charge is 0.343 e. The minimum atomic E-state index is -4.08. The Morgan fingerprint density at radius 1 is 0.891 bits per heavy atom. The summed E-state index contributed by atoms with van der Waals surface area (Å²) in [6, 6.07) is 22.2. The largest absolute Gasteiger partial charge is 0.497 e. The van der Waals surface area contributed by atoms with Crippen molar-refractivity contribution < 1.29 is 37.1 Å². The first-order valence-corrected chi connectivity index (χ1v) is 16.4. The summed E-state index contributed by atoms with van der Waals surface area (Å²) in [5, 5.41) is 9.46. The maximum Gasteiger partial charge on any atom is 0.343 e. The number of para-hydroxylation sites is 1. The summed E-state index contributed by atoms with van der Waals surface area (Å²) in [6.45, 7) is 3.86. The topological polar surface area (TPSA) is 130 Å². The highest BCUT2D eigenvalue weighted by molar-refractivity contribution is 7.85. The number of rotatable bonds is 11. The van der Waals surface area contributed by atoms with Gasteiger partial charge in [0, 0.05) is 24.3 Å². The van der Waals surface area contributed by atoms with Crippen LogP contribution in [0.3, 0.4) is 0 Å². The number of anilines is 2. The average molecular weight is 642 g/mol. The molecular formula is C36H35NO8S. The number of hydrogen-bond acceptors (Lipinski definition) is 7. The first-order chi connectivity index (χ1) is 21.9. The molecule has 1 aliphatic heterocycles. The lowest BCUT2D eigenvalue weighted by Crippen LogP contribution is -2.27. The molecule has 0 fully saturated rings. The van der Waals surface area contributed by atoms with E-state index in [1.54, 1.807) is 27.0 Å². The summed E-state index contributed by atoms with van der Waals surface area (Å²) in [6.07, 6.45) is 5.06.